The Morgan fingerprint density at radius 3 is 2.79 bits per heavy atom. The Kier molecular flexibility index (Phi) is 4.79. The Labute approximate surface area is 113 Å². The molecule has 1 aromatic rings. The molecule has 1 amide bonds. The maximum Gasteiger partial charge on any atom is 0.273 e. The predicted octanol–water partition coefficient (Wildman–Crippen LogP) is 0.770. The summed E-state index contributed by atoms with van der Waals surface area (Å²) >= 11 is 0. The van der Waals surface area contributed by atoms with E-state index in [0.717, 1.165) is 31.7 Å². The molecule has 1 fully saturated rings. The van der Waals surface area contributed by atoms with Crippen LogP contribution in [-0.2, 0) is 6.42 Å². The first-order valence-electron chi connectivity index (χ1n) is 7.05. The molecule has 0 aliphatic carbocycles. The van der Waals surface area contributed by atoms with Crippen molar-refractivity contribution in [1.82, 2.24) is 20.4 Å². The third-order valence-corrected chi connectivity index (χ3v) is 3.61. The smallest absolute Gasteiger partial charge is 0.273 e. The monoisotopic (exact) mass is 265 g/mol. The van der Waals surface area contributed by atoms with Gasteiger partial charge in [0.15, 0.2) is 5.69 Å². The van der Waals surface area contributed by atoms with Crippen molar-refractivity contribution in [3.05, 3.63) is 11.4 Å². The zero-order chi connectivity index (χ0) is 13.7. The largest absolute Gasteiger partial charge is 0.395 e. The molecule has 1 aliphatic heterocycles. The van der Waals surface area contributed by atoms with Crippen molar-refractivity contribution in [2.24, 2.45) is 0 Å². The first-order valence-corrected chi connectivity index (χ1v) is 7.05. The fourth-order valence-electron chi connectivity index (χ4n) is 2.42. The molecule has 1 aromatic heterocycles. The van der Waals surface area contributed by atoms with Crippen LogP contribution in [0.15, 0.2) is 0 Å². The third-order valence-electron chi connectivity index (χ3n) is 3.61. The zero-order valence-electron chi connectivity index (χ0n) is 11.5. The number of aryl methyl sites for hydroxylation is 1. The Bertz CT molecular complexity index is 423. The summed E-state index contributed by atoms with van der Waals surface area (Å²) in [5.74, 6) is -0.189. The third kappa shape index (κ3) is 3.47. The van der Waals surface area contributed by atoms with Crippen molar-refractivity contribution < 1.29 is 4.79 Å². The molecule has 0 radical (unpaired) electrons. The minimum atomic E-state index is -0.189. The number of anilines is 1. The summed E-state index contributed by atoms with van der Waals surface area (Å²) in [4.78, 5) is 14.3. The second kappa shape index (κ2) is 6.56. The summed E-state index contributed by atoms with van der Waals surface area (Å²) in [6.45, 7) is 5.80. The second-order valence-corrected chi connectivity index (χ2v) is 4.98. The molecule has 1 aliphatic rings. The molecule has 19 heavy (non-hydrogen) atoms. The molecule has 0 bridgehead atoms. The van der Waals surface area contributed by atoms with E-state index in [0.29, 0.717) is 17.9 Å². The van der Waals surface area contributed by atoms with Gasteiger partial charge in [-0.1, -0.05) is 13.3 Å². The summed E-state index contributed by atoms with van der Waals surface area (Å²) in [5, 5.41) is 9.66. The zero-order valence-corrected chi connectivity index (χ0v) is 11.5. The minimum Gasteiger partial charge on any atom is -0.395 e. The van der Waals surface area contributed by atoms with Crippen molar-refractivity contribution in [2.75, 3.05) is 31.9 Å². The number of likely N-dealkylation sites (tertiary alicyclic amines) is 1. The van der Waals surface area contributed by atoms with Crippen LogP contribution < -0.4 is 11.1 Å². The van der Waals surface area contributed by atoms with Gasteiger partial charge in [0.25, 0.3) is 5.91 Å². The van der Waals surface area contributed by atoms with Gasteiger partial charge in [0.05, 0.1) is 11.4 Å². The van der Waals surface area contributed by atoms with Gasteiger partial charge in [0.1, 0.15) is 0 Å². The van der Waals surface area contributed by atoms with Crippen LogP contribution in [0.25, 0.3) is 0 Å². The first-order chi connectivity index (χ1) is 9.22. The lowest BCUT2D eigenvalue weighted by molar-refractivity contribution is 0.0942. The van der Waals surface area contributed by atoms with Crippen LogP contribution in [0, 0.1) is 0 Å². The highest BCUT2D eigenvalue weighted by molar-refractivity contribution is 5.97. The molecule has 0 saturated carbocycles. The fraction of sp³-hybridized carbons (Fsp3) is 0.692. The van der Waals surface area contributed by atoms with E-state index in [2.05, 4.69) is 20.4 Å². The molecule has 6 heteroatoms. The van der Waals surface area contributed by atoms with E-state index in [1.165, 1.54) is 19.3 Å². The molecule has 0 atom stereocenters. The number of nitrogen functional groups attached to an aromatic ring is 1. The molecule has 1 saturated heterocycles. The quantitative estimate of drug-likeness (QED) is 0.734. The number of carbonyl (C=O) groups is 1. The number of H-pyrrole nitrogens is 1. The second-order valence-electron chi connectivity index (χ2n) is 4.98. The lowest BCUT2D eigenvalue weighted by atomic mass is 10.1. The molecule has 106 valence electrons. The number of nitrogens with one attached hydrogen (secondary N) is 2. The fourth-order valence-corrected chi connectivity index (χ4v) is 2.42. The maximum atomic E-state index is 11.9. The average Bonchev–Trinajstić information content (AvgIpc) is 2.81. The van der Waals surface area contributed by atoms with E-state index < -0.39 is 0 Å². The molecule has 4 N–H and O–H groups in total. The van der Waals surface area contributed by atoms with Crippen molar-refractivity contribution >= 4 is 11.6 Å². The molecule has 0 spiro atoms. The Morgan fingerprint density at radius 2 is 2.16 bits per heavy atom. The number of aromatic amines is 1. The van der Waals surface area contributed by atoms with Gasteiger partial charge < -0.3 is 16.0 Å². The van der Waals surface area contributed by atoms with Gasteiger partial charge in [-0.3, -0.25) is 9.89 Å². The van der Waals surface area contributed by atoms with Crippen molar-refractivity contribution in [3.8, 4) is 0 Å². The van der Waals surface area contributed by atoms with Crippen molar-refractivity contribution in [2.45, 2.75) is 32.6 Å². The van der Waals surface area contributed by atoms with Gasteiger partial charge in [0.2, 0.25) is 0 Å². The van der Waals surface area contributed by atoms with Crippen LogP contribution in [0.1, 0.15) is 42.4 Å². The molecule has 6 nitrogen and oxygen atoms in total. The highest BCUT2D eigenvalue weighted by atomic mass is 16.1. The molecular formula is C13H23N5O. The summed E-state index contributed by atoms with van der Waals surface area (Å²) in [6.07, 6.45) is 4.60. The highest BCUT2D eigenvalue weighted by Gasteiger charge is 2.16. The Morgan fingerprint density at radius 1 is 1.42 bits per heavy atom. The molecule has 0 unspecified atom stereocenters. The normalized spacial score (nSPS) is 16.5. The lowest BCUT2D eigenvalue weighted by Gasteiger charge is -2.26. The van der Waals surface area contributed by atoms with Gasteiger partial charge in [-0.2, -0.15) is 5.10 Å². The number of nitrogens with two attached hydrogens (primary N) is 1. The summed E-state index contributed by atoms with van der Waals surface area (Å²) in [5.41, 5.74) is 7.47. The number of nitrogens with zero attached hydrogens (tertiary/aromatic N) is 2. The van der Waals surface area contributed by atoms with E-state index in [1.807, 2.05) is 6.92 Å². The summed E-state index contributed by atoms with van der Waals surface area (Å²) < 4.78 is 0. The van der Waals surface area contributed by atoms with Crippen molar-refractivity contribution in [1.29, 1.82) is 0 Å². The highest BCUT2D eigenvalue weighted by Crippen LogP contribution is 2.14. The number of amides is 1. The number of rotatable bonds is 5. The Hall–Kier alpha value is -1.56. The van der Waals surface area contributed by atoms with E-state index >= 15 is 0 Å². The van der Waals surface area contributed by atoms with Gasteiger partial charge in [-0.15, -0.1) is 0 Å². The molecule has 2 rings (SSSR count). The average molecular weight is 265 g/mol. The number of aromatic nitrogens is 2. The molecule has 0 aromatic carbocycles. The predicted molar refractivity (Wildman–Crippen MR) is 75.0 cm³/mol. The first kappa shape index (κ1) is 13.9. The van der Waals surface area contributed by atoms with E-state index in [4.69, 9.17) is 5.73 Å². The van der Waals surface area contributed by atoms with Crippen LogP contribution in [-0.4, -0.2) is 47.2 Å². The SMILES string of the molecule is CCc1[nH]nc(C(=O)NCCN2CCCCC2)c1N. The molecular weight excluding hydrogens is 242 g/mol. The standard InChI is InChI=1S/C13H23N5O/c1-2-10-11(14)12(17-16-10)13(19)15-6-9-18-7-4-3-5-8-18/h2-9,14H2,1H3,(H,15,19)(H,16,17). The van der Waals surface area contributed by atoms with Crippen molar-refractivity contribution in [3.63, 3.8) is 0 Å². The number of hydrogen-bond donors (Lipinski definition) is 3. The van der Waals surface area contributed by atoms with E-state index in [1.54, 1.807) is 0 Å². The topological polar surface area (TPSA) is 87.0 Å². The van der Waals surface area contributed by atoms with Crippen LogP contribution in [0.2, 0.25) is 0 Å². The minimum absolute atomic E-state index is 0.189. The van der Waals surface area contributed by atoms with Gasteiger partial charge in [-0.05, 0) is 32.4 Å². The van der Waals surface area contributed by atoms with E-state index in [-0.39, 0.29) is 5.91 Å². The summed E-state index contributed by atoms with van der Waals surface area (Å²) in [6, 6.07) is 0. The van der Waals surface area contributed by atoms with Crippen LogP contribution in [0.5, 0.6) is 0 Å². The lowest BCUT2D eigenvalue weighted by Crippen LogP contribution is -2.37. The van der Waals surface area contributed by atoms with Crippen LogP contribution in [0.3, 0.4) is 0 Å². The van der Waals surface area contributed by atoms with Crippen LogP contribution in [0.4, 0.5) is 5.69 Å². The number of carbonyl (C=O) groups excluding carboxylic acids is 1. The van der Waals surface area contributed by atoms with E-state index in [9.17, 15) is 4.79 Å². The molecule has 2 heterocycles. The summed E-state index contributed by atoms with van der Waals surface area (Å²) in [7, 11) is 0. The van der Waals surface area contributed by atoms with Crippen LogP contribution >= 0.6 is 0 Å². The maximum absolute atomic E-state index is 11.9. The van der Waals surface area contributed by atoms with Gasteiger partial charge >= 0.3 is 0 Å². The number of piperidine rings is 1. The Balaban J connectivity index is 1.78. The number of hydrogen-bond acceptors (Lipinski definition) is 4. The van der Waals surface area contributed by atoms with Gasteiger partial charge in [0, 0.05) is 13.1 Å². The van der Waals surface area contributed by atoms with Gasteiger partial charge in [-0.25, -0.2) is 0 Å².